The van der Waals surface area contributed by atoms with Crippen molar-refractivity contribution in [2.45, 2.75) is 6.42 Å². The SMILES string of the molecule is N#Cc1ccc(N2CCN(C(=O)Cc3cccc(F)c3)CC2)nc1. The van der Waals surface area contributed by atoms with Crippen LogP contribution >= 0.6 is 0 Å². The van der Waals surface area contributed by atoms with Crippen molar-refractivity contribution in [3.05, 3.63) is 59.5 Å². The molecule has 0 spiro atoms. The van der Waals surface area contributed by atoms with Gasteiger partial charge >= 0.3 is 0 Å². The quantitative estimate of drug-likeness (QED) is 0.866. The normalized spacial score (nSPS) is 14.3. The van der Waals surface area contributed by atoms with Gasteiger partial charge in [-0.3, -0.25) is 4.79 Å². The predicted molar refractivity (Wildman–Crippen MR) is 87.8 cm³/mol. The summed E-state index contributed by atoms with van der Waals surface area (Å²) in [6.45, 7) is 2.59. The van der Waals surface area contributed by atoms with Crippen molar-refractivity contribution in [3.63, 3.8) is 0 Å². The van der Waals surface area contributed by atoms with Gasteiger partial charge in [0, 0.05) is 32.4 Å². The first-order valence-corrected chi connectivity index (χ1v) is 7.79. The molecule has 1 saturated heterocycles. The number of carbonyl (C=O) groups is 1. The number of hydrogen-bond donors (Lipinski definition) is 0. The van der Waals surface area contributed by atoms with E-state index in [9.17, 15) is 9.18 Å². The van der Waals surface area contributed by atoms with E-state index in [1.807, 2.05) is 12.1 Å². The van der Waals surface area contributed by atoms with Gasteiger partial charge in [-0.05, 0) is 29.8 Å². The fourth-order valence-corrected chi connectivity index (χ4v) is 2.76. The molecule has 122 valence electrons. The van der Waals surface area contributed by atoms with Crippen LogP contribution in [0.4, 0.5) is 10.2 Å². The zero-order chi connectivity index (χ0) is 16.9. The van der Waals surface area contributed by atoms with Crippen LogP contribution in [0.3, 0.4) is 0 Å². The predicted octanol–water partition coefficient (Wildman–Crippen LogP) is 1.98. The molecule has 0 atom stereocenters. The van der Waals surface area contributed by atoms with Gasteiger partial charge in [-0.2, -0.15) is 5.26 Å². The fourth-order valence-electron chi connectivity index (χ4n) is 2.76. The van der Waals surface area contributed by atoms with E-state index in [-0.39, 0.29) is 18.1 Å². The van der Waals surface area contributed by atoms with Gasteiger partial charge in [0.1, 0.15) is 17.7 Å². The first-order valence-electron chi connectivity index (χ1n) is 7.79. The van der Waals surface area contributed by atoms with Gasteiger partial charge in [-0.25, -0.2) is 9.37 Å². The van der Waals surface area contributed by atoms with Gasteiger partial charge in [0.05, 0.1) is 12.0 Å². The van der Waals surface area contributed by atoms with E-state index < -0.39 is 0 Å². The van der Waals surface area contributed by atoms with Crippen LogP contribution in [-0.4, -0.2) is 42.0 Å². The molecule has 1 aromatic carbocycles. The highest BCUT2D eigenvalue weighted by molar-refractivity contribution is 5.79. The van der Waals surface area contributed by atoms with E-state index in [0.29, 0.717) is 37.3 Å². The van der Waals surface area contributed by atoms with E-state index in [4.69, 9.17) is 5.26 Å². The summed E-state index contributed by atoms with van der Waals surface area (Å²) >= 11 is 0. The summed E-state index contributed by atoms with van der Waals surface area (Å²) in [5.74, 6) is 0.497. The third-order valence-electron chi connectivity index (χ3n) is 4.08. The smallest absolute Gasteiger partial charge is 0.227 e. The van der Waals surface area contributed by atoms with E-state index in [0.717, 1.165) is 5.82 Å². The third kappa shape index (κ3) is 3.69. The Hall–Kier alpha value is -2.94. The van der Waals surface area contributed by atoms with Crippen LogP contribution in [0.25, 0.3) is 0 Å². The molecular weight excluding hydrogens is 307 g/mol. The number of nitrogens with zero attached hydrogens (tertiary/aromatic N) is 4. The molecule has 24 heavy (non-hydrogen) atoms. The second-order valence-corrected chi connectivity index (χ2v) is 5.69. The summed E-state index contributed by atoms with van der Waals surface area (Å²) in [6, 6.07) is 11.8. The molecule has 1 aliphatic rings. The molecule has 0 saturated carbocycles. The van der Waals surface area contributed by atoms with E-state index in [1.165, 1.54) is 12.1 Å². The lowest BCUT2D eigenvalue weighted by molar-refractivity contribution is -0.130. The van der Waals surface area contributed by atoms with Gasteiger partial charge in [0.25, 0.3) is 0 Å². The Balaban J connectivity index is 1.56. The van der Waals surface area contributed by atoms with Crippen LogP contribution in [0, 0.1) is 17.1 Å². The molecule has 0 aliphatic carbocycles. The maximum atomic E-state index is 13.2. The number of amides is 1. The fraction of sp³-hybridized carbons (Fsp3) is 0.278. The van der Waals surface area contributed by atoms with Crippen molar-refractivity contribution in [3.8, 4) is 6.07 Å². The molecule has 0 radical (unpaired) electrons. The molecule has 1 aliphatic heterocycles. The number of halogens is 1. The molecule has 0 N–H and O–H groups in total. The van der Waals surface area contributed by atoms with Crippen molar-refractivity contribution < 1.29 is 9.18 Å². The third-order valence-corrected chi connectivity index (χ3v) is 4.08. The Morgan fingerprint density at radius 1 is 1.21 bits per heavy atom. The summed E-state index contributed by atoms with van der Waals surface area (Å²) in [5.41, 5.74) is 1.22. The number of carbonyl (C=O) groups excluding carboxylic acids is 1. The maximum Gasteiger partial charge on any atom is 0.227 e. The first kappa shape index (κ1) is 15.9. The first-order chi connectivity index (χ1) is 11.7. The van der Waals surface area contributed by atoms with Crippen LogP contribution in [0.2, 0.25) is 0 Å². The van der Waals surface area contributed by atoms with Gasteiger partial charge in [-0.15, -0.1) is 0 Å². The van der Waals surface area contributed by atoms with Gasteiger partial charge < -0.3 is 9.80 Å². The zero-order valence-electron chi connectivity index (χ0n) is 13.2. The molecule has 6 heteroatoms. The number of piperazine rings is 1. The molecule has 1 amide bonds. The topological polar surface area (TPSA) is 60.2 Å². The minimum atomic E-state index is -0.322. The Morgan fingerprint density at radius 3 is 2.62 bits per heavy atom. The number of anilines is 1. The Kier molecular flexibility index (Phi) is 4.71. The lowest BCUT2D eigenvalue weighted by atomic mass is 10.1. The summed E-state index contributed by atoms with van der Waals surface area (Å²) in [7, 11) is 0. The summed E-state index contributed by atoms with van der Waals surface area (Å²) in [4.78, 5) is 20.5. The number of pyridine rings is 1. The summed E-state index contributed by atoms with van der Waals surface area (Å²) in [6.07, 6.45) is 1.77. The lowest BCUT2D eigenvalue weighted by Gasteiger charge is -2.35. The minimum absolute atomic E-state index is 0.00744. The minimum Gasteiger partial charge on any atom is -0.353 e. The van der Waals surface area contributed by atoms with E-state index >= 15 is 0 Å². The molecule has 3 rings (SSSR count). The maximum absolute atomic E-state index is 13.2. The Morgan fingerprint density at radius 2 is 2.00 bits per heavy atom. The van der Waals surface area contributed by atoms with Crippen LogP contribution in [0.15, 0.2) is 42.6 Å². The highest BCUT2D eigenvalue weighted by Gasteiger charge is 2.22. The van der Waals surface area contributed by atoms with Gasteiger partial charge in [-0.1, -0.05) is 12.1 Å². The number of benzene rings is 1. The number of hydrogen-bond acceptors (Lipinski definition) is 4. The Bertz CT molecular complexity index is 761. The van der Waals surface area contributed by atoms with Crippen LogP contribution < -0.4 is 4.90 Å². The number of nitriles is 1. The molecular formula is C18H17FN4O. The molecule has 0 bridgehead atoms. The second kappa shape index (κ2) is 7.09. The van der Waals surface area contributed by atoms with Crippen LogP contribution in [0.1, 0.15) is 11.1 Å². The molecule has 1 aromatic heterocycles. The average molecular weight is 324 g/mol. The second-order valence-electron chi connectivity index (χ2n) is 5.69. The molecule has 1 fully saturated rings. The lowest BCUT2D eigenvalue weighted by Crippen LogP contribution is -2.49. The summed E-state index contributed by atoms with van der Waals surface area (Å²) in [5, 5.41) is 8.80. The molecule has 2 aromatic rings. The average Bonchev–Trinajstić information content (AvgIpc) is 2.62. The summed E-state index contributed by atoms with van der Waals surface area (Å²) < 4.78 is 13.2. The standard InChI is InChI=1S/C18H17FN4O/c19-16-3-1-2-14(10-16)11-18(24)23-8-6-22(7-9-23)17-5-4-15(12-20)13-21-17/h1-5,10,13H,6-9,11H2. The number of aromatic nitrogens is 1. The molecule has 5 nitrogen and oxygen atoms in total. The van der Waals surface area contributed by atoms with Crippen molar-refractivity contribution in [2.24, 2.45) is 0 Å². The zero-order valence-corrected chi connectivity index (χ0v) is 13.2. The van der Waals surface area contributed by atoms with Crippen molar-refractivity contribution in [2.75, 3.05) is 31.1 Å². The van der Waals surface area contributed by atoms with Crippen LogP contribution in [0.5, 0.6) is 0 Å². The van der Waals surface area contributed by atoms with E-state index in [2.05, 4.69) is 9.88 Å². The monoisotopic (exact) mass is 324 g/mol. The molecule has 2 heterocycles. The van der Waals surface area contributed by atoms with Gasteiger partial charge in [0.2, 0.25) is 5.91 Å². The Labute approximate surface area is 139 Å². The van der Waals surface area contributed by atoms with E-state index in [1.54, 1.807) is 29.3 Å². The van der Waals surface area contributed by atoms with Crippen molar-refractivity contribution >= 4 is 11.7 Å². The largest absolute Gasteiger partial charge is 0.353 e. The highest BCUT2D eigenvalue weighted by Crippen LogP contribution is 2.15. The van der Waals surface area contributed by atoms with Crippen molar-refractivity contribution in [1.29, 1.82) is 5.26 Å². The highest BCUT2D eigenvalue weighted by atomic mass is 19.1. The number of rotatable bonds is 3. The van der Waals surface area contributed by atoms with Crippen LogP contribution in [-0.2, 0) is 11.2 Å². The van der Waals surface area contributed by atoms with Gasteiger partial charge in [0.15, 0.2) is 0 Å². The van der Waals surface area contributed by atoms with Crippen molar-refractivity contribution in [1.82, 2.24) is 9.88 Å². The molecule has 0 unspecified atom stereocenters.